The summed E-state index contributed by atoms with van der Waals surface area (Å²) in [6, 6.07) is 14.2. The average Bonchev–Trinajstić information content (AvgIpc) is 3.13. The zero-order valence-corrected chi connectivity index (χ0v) is 17.6. The van der Waals surface area contributed by atoms with E-state index in [4.69, 9.17) is 11.6 Å². The van der Waals surface area contributed by atoms with Gasteiger partial charge in [0.05, 0.1) is 23.1 Å². The molecule has 6 nitrogen and oxygen atoms in total. The van der Waals surface area contributed by atoms with Gasteiger partial charge in [-0.3, -0.25) is 9.59 Å². The first-order valence-electron chi connectivity index (χ1n) is 9.25. The Balaban J connectivity index is 1.87. The van der Waals surface area contributed by atoms with Crippen LogP contribution in [0.25, 0.3) is 5.69 Å². The normalized spacial score (nSPS) is 10.8. The van der Waals surface area contributed by atoms with Crippen molar-refractivity contribution in [3.63, 3.8) is 0 Å². The van der Waals surface area contributed by atoms with E-state index in [2.05, 4.69) is 10.4 Å². The second-order valence-corrected chi connectivity index (χ2v) is 7.66. The number of benzene rings is 2. The van der Waals surface area contributed by atoms with E-state index in [1.807, 2.05) is 32.0 Å². The second kappa shape index (κ2) is 8.49. The number of carbonyl (C=O) groups excluding carboxylic acids is 2. The molecule has 1 aromatic heterocycles. The Kier molecular flexibility index (Phi) is 6.03. The van der Waals surface area contributed by atoms with Gasteiger partial charge in [0.15, 0.2) is 0 Å². The van der Waals surface area contributed by atoms with Crippen molar-refractivity contribution in [2.24, 2.45) is 0 Å². The highest BCUT2D eigenvalue weighted by molar-refractivity contribution is 6.30. The molecule has 0 radical (unpaired) electrons. The number of anilines is 1. The van der Waals surface area contributed by atoms with Crippen molar-refractivity contribution in [2.75, 3.05) is 19.4 Å². The number of carbonyl (C=O) groups is 2. The summed E-state index contributed by atoms with van der Waals surface area (Å²) in [6.07, 6.45) is 1.56. The molecule has 0 bridgehead atoms. The first-order chi connectivity index (χ1) is 13.8. The number of nitrogens with one attached hydrogen (secondary N) is 1. The molecule has 29 heavy (non-hydrogen) atoms. The lowest BCUT2D eigenvalue weighted by molar-refractivity contribution is 0.0827. The van der Waals surface area contributed by atoms with Crippen LogP contribution >= 0.6 is 11.6 Å². The molecule has 0 aliphatic heterocycles. The maximum atomic E-state index is 12.9. The fraction of sp³-hybridized carbons (Fsp3) is 0.227. The number of rotatable bonds is 5. The molecule has 3 rings (SSSR count). The van der Waals surface area contributed by atoms with Crippen LogP contribution in [0.1, 0.15) is 46.2 Å². The van der Waals surface area contributed by atoms with Gasteiger partial charge in [-0.1, -0.05) is 31.5 Å². The van der Waals surface area contributed by atoms with Crippen molar-refractivity contribution in [2.45, 2.75) is 19.8 Å². The van der Waals surface area contributed by atoms with Crippen molar-refractivity contribution < 1.29 is 9.59 Å². The summed E-state index contributed by atoms with van der Waals surface area (Å²) in [7, 11) is 3.39. The minimum atomic E-state index is -0.256. The molecule has 0 saturated carbocycles. The van der Waals surface area contributed by atoms with E-state index in [0.717, 1.165) is 11.4 Å². The summed E-state index contributed by atoms with van der Waals surface area (Å²) >= 11 is 6.11. The van der Waals surface area contributed by atoms with Crippen LogP contribution in [0.4, 0.5) is 5.69 Å². The van der Waals surface area contributed by atoms with E-state index in [9.17, 15) is 9.59 Å². The Morgan fingerprint density at radius 1 is 1.10 bits per heavy atom. The van der Waals surface area contributed by atoms with Gasteiger partial charge in [-0.25, -0.2) is 4.68 Å². The molecule has 0 spiro atoms. The average molecular weight is 411 g/mol. The summed E-state index contributed by atoms with van der Waals surface area (Å²) in [5.41, 5.74) is 3.25. The van der Waals surface area contributed by atoms with Crippen molar-refractivity contribution in [1.82, 2.24) is 14.7 Å². The lowest BCUT2D eigenvalue weighted by Gasteiger charge is -2.14. The Hall–Kier alpha value is -3.12. The molecule has 0 unspecified atom stereocenters. The quantitative estimate of drug-likeness (QED) is 0.668. The Morgan fingerprint density at radius 3 is 2.38 bits per heavy atom. The maximum Gasteiger partial charge on any atom is 0.259 e. The third kappa shape index (κ3) is 4.49. The Morgan fingerprint density at radius 2 is 1.79 bits per heavy atom. The molecule has 0 atom stereocenters. The minimum absolute atomic E-state index is 0.0670. The predicted molar refractivity (Wildman–Crippen MR) is 115 cm³/mol. The van der Waals surface area contributed by atoms with Crippen LogP contribution in [0.2, 0.25) is 5.02 Å². The molecule has 0 aliphatic carbocycles. The van der Waals surface area contributed by atoms with Crippen molar-refractivity contribution in [3.8, 4) is 5.69 Å². The summed E-state index contributed by atoms with van der Waals surface area (Å²) < 4.78 is 1.74. The molecule has 3 aromatic rings. The molecule has 2 aromatic carbocycles. The van der Waals surface area contributed by atoms with Crippen LogP contribution in [0, 0.1) is 0 Å². The van der Waals surface area contributed by atoms with E-state index < -0.39 is 0 Å². The van der Waals surface area contributed by atoms with E-state index in [-0.39, 0.29) is 17.7 Å². The molecule has 0 aliphatic rings. The first-order valence-corrected chi connectivity index (χ1v) is 9.62. The van der Waals surface area contributed by atoms with Gasteiger partial charge in [0.25, 0.3) is 11.8 Å². The zero-order valence-electron chi connectivity index (χ0n) is 16.8. The number of hydrogen-bond donors (Lipinski definition) is 1. The summed E-state index contributed by atoms with van der Waals surface area (Å²) in [4.78, 5) is 26.4. The fourth-order valence-corrected chi connectivity index (χ4v) is 3.24. The van der Waals surface area contributed by atoms with Gasteiger partial charge in [0, 0.05) is 30.4 Å². The summed E-state index contributed by atoms with van der Waals surface area (Å²) in [5, 5.41) is 7.90. The van der Waals surface area contributed by atoms with E-state index in [0.29, 0.717) is 21.8 Å². The van der Waals surface area contributed by atoms with Gasteiger partial charge in [0.2, 0.25) is 0 Å². The van der Waals surface area contributed by atoms with Crippen LogP contribution in [0.15, 0.2) is 54.7 Å². The van der Waals surface area contributed by atoms with Gasteiger partial charge in [-0.05, 0) is 48.4 Å². The molecular weight excluding hydrogens is 388 g/mol. The van der Waals surface area contributed by atoms with Crippen LogP contribution in [-0.4, -0.2) is 40.6 Å². The molecule has 1 heterocycles. The van der Waals surface area contributed by atoms with Crippen LogP contribution < -0.4 is 5.32 Å². The highest BCUT2D eigenvalue weighted by atomic mass is 35.5. The van der Waals surface area contributed by atoms with Crippen molar-refractivity contribution in [1.29, 1.82) is 0 Å². The number of nitrogens with zero attached hydrogens (tertiary/aromatic N) is 3. The second-order valence-electron chi connectivity index (χ2n) is 7.22. The van der Waals surface area contributed by atoms with Crippen LogP contribution in [0.3, 0.4) is 0 Å². The lowest BCUT2D eigenvalue weighted by Crippen LogP contribution is -2.21. The molecular formula is C22H23ClN4O2. The number of hydrogen-bond acceptors (Lipinski definition) is 3. The fourth-order valence-electron chi connectivity index (χ4n) is 3.05. The maximum absolute atomic E-state index is 12.9. The molecule has 150 valence electrons. The topological polar surface area (TPSA) is 67.2 Å². The van der Waals surface area contributed by atoms with Gasteiger partial charge in [0.1, 0.15) is 0 Å². The standard InChI is InChI=1S/C22H23ClN4O2/c1-14(2)20-19(13-24-27(20)18-7-5-6-16(23)12-18)21(28)25-17-10-8-15(9-11-17)22(29)26(3)4/h5-14H,1-4H3,(H,25,28). The van der Waals surface area contributed by atoms with E-state index in [1.165, 1.54) is 4.90 Å². The van der Waals surface area contributed by atoms with Gasteiger partial charge in [-0.2, -0.15) is 5.10 Å². The number of amides is 2. The zero-order chi connectivity index (χ0) is 21.1. The molecule has 1 N–H and O–H groups in total. The van der Waals surface area contributed by atoms with E-state index in [1.54, 1.807) is 55.3 Å². The predicted octanol–water partition coefficient (Wildman–Crippen LogP) is 4.60. The number of halogens is 1. The van der Waals surface area contributed by atoms with Gasteiger partial charge >= 0.3 is 0 Å². The van der Waals surface area contributed by atoms with Crippen molar-refractivity contribution >= 4 is 29.1 Å². The Bertz CT molecular complexity index is 1040. The third-order valence-corrected chi connectivity index (χ3v) is 4.68. The molecule has 7 heteroatoms. The first kappa shape index (κ1) is 20.6. The SMILES string of the molecule is CC(C)c1c(C(=O)Nc2ccc(C(=O)N(C)C)cc2)cnn1-c1cccc(Cl)c1. The third-order valence-electron chi connectivity index (χ3n) is 4.45. The van der Waals surface area contributed by atoms with Gasteiger partial charge in [-0.15, -0.1) is 0 Å². The monoisotopic (exact) mass is 410 g/mol. The largest absolute Gasteiger partial charge is 0.345 e. The molecule has 0 saturated heterocycles. The molecule has 2 amide bonds. The lowest BCUT2D eigenvalue weighted by atomic mass is 10.0. The Labute approximate surface area is 175 Å². The highest BCUT2D eigenvalue weighted by Gasteiger charge is 2.21. The van der Waals surface area contributed by atoms with Crippen molar-refractivity contribution in [3.05, 3.63) is 76.6 Å². The smallest absolute Gasteiger partial charge is 0.259 e. The highest BCUT2D eigenvalue weighted by Crippen LogP contribution is 2.25. The summed E-state index contributed by atoms with van der Waals surface area (Å²) in [6.45, 7) is 4.02. The summed E-state index contributed by atoms with van der Waals surface area (Å²) in [5.74, 6) is -0.279. The van der Waals surface area contributed by atoms with Gasteiger partial charge < -0.3 is 10.2 Å². The molecule has 0 fully saturated rings. The minimum Gasteiger partial charge on any atom is -0.345 e. The van der Waals surface area contributed by atoms with Crippen LogP contribution in [0.5, 0.6) is 0 Å². The van der Waals surface area contributed by atoms with E-state index >= 15 is 0 Å². The van der Waals surface area contributed by atoms with Crippen LogP contribution in [-0.2, 0) is 0 Å². The number of aromatic nitrogens is 2.